The van der Waals surface area contributed by atoms with Gasteiger partial charge in [0.05, 0.1) is 19.0 Å². The highest BCUT2D eigenvalue weighted by Crippen LogP contribution is 2.17. The Labute approximate surface area is 121 Å². The summed E-state index contributed by atoms with van der Waals surface area (Å²) in [7, 11) is -1.83. The SMILES string of the molecule is COCC(C)(C)COS(=O)(=O)CCN1CCSCC1. The molecule has 0 bridgehead atoms. The third kappa shape index (κ3) is 7.51. The minimum Gasteiger partial charge on any atom is -0.384 e. The summed E-state index contributed by atoms with van der Waals surface area (Å²) in [4.78, 5) is 2.18. The molecule has 0 radical (unpaired) electrons. The van der Waals surface area contributed by atoms with Crippen LogP contribution in [0.25, 0.3) is 0 Å². The first kappa shape index (κ1) is 17.2. The second-order valence-corrected chi connectivity index (χ2v) is 8.56. The van der Waals surface area contributed by atoms with Crippen LogP contribution in [0, 0.1) is 5.41 Å². The molecule has 0 amide bonds. The molecule has 0 aromatic carbocycles. The van der Waals surface area contributed by atoms with Crippen molar-refractivity contribution in [3.63, 3.8) is 0 Å². The van der Waals surface area contributed by atoms with Gasteiger partial charge in [0.15, 0.2) is 0 Å². The van der Waals surface area contributed by atoms with Gasteiger partial charge in [-0.05, 0) is 0 Å². The first-order valence-electron chi connectivity index (χ1n) is 6.51. The molecule has 0 unspecified atom stereocenters. The first-order chi connectivity index (χ1) is 8.85. The van der Waals surface area contributed by atoms with Crippen LogP contribution in [0.2, 0.25) is 0 Å². The molecule has 5 nitrogen and oxygen atoms in total. The highest BCUT2D eigenvalue weighted by Gasteiger charge is 2.23. The minimum absolute atomic E-state index is 0.0702. The summed E-state index contributed by atoms with van der Waals surface area (Å²) in [5, 5.41) is 0. The molecule has 114 valence electrons. The average Bonchev–Trinajstić information content (AvgIpc) is 2.36. The topological polar surface area (TPSA) is 55.8 Å². The molecule has 1 rings (SSSR count). The van der Waals surface area contributed by atoms with Gasteiger partial charge in [0.2, 0.25) is 0 Å². The second kappa shape index (κ2) is 7.83. The number of rotatable bonds is 8. The number of hydrogen-bond acceptors (Lipinski definition) is 6. The smallest absolute Gasteiger partial charge is 0.268 e. The van der Waals surface area contributed by atoms with Crippen molar-refractivity contribution in [2.24, 2.45) is 5.41 Å². The van der Waals surface area contributed by atoms with E-state index in [-0.39, 0.29) is 17.8 Å². The van der Waals surface area contributed by atoms with Crippen LogP contribution in [0.3, 0.4) is 0 Å². The molecular weight excluding hydrogens is 286 g/mol. The quantitative estimate of drug-likeness (QED) is 0.625. The van der Waals surface area contributed by atoms with E-state index in [1.807, 2.05) is 25.6 Å². The maximum absolute atomic E-state index is 11.8. The average molecular weight is 311 g/mol. The monoisotopic (exact) mass is 311 g/mol. The maximum Gasteiger partial charge on any atom is 0.268 e. The van der Waals surface area contributed by atoms with Gasteiger partial charge in [-0.15, -0.1) is 0 Å². The van der Waals surface area contributed by atoms with Gasteiger partial charge in [0, 0.05) is 43.7 Å². The van der Waals surface area contributed by atoms with Crippen LogP contribution >= 0.6 is 11.8 Å². The lowest BCUT2D eigenvalue weighted by Gasteiger charge is -2.26. The lowest BCUT2D eigenvalue weighted by Crippen LogP contribution is -2.37. The minimum atomic E-state index is -3.44. The van der Waals surface area contributed by atoms with Crippen LogP contribution in [0.5, 0.6) is 0 Å². The van der Waals surface area contributed by atoms with E-state index in [2.05, 4.69) is 4.90 Å². The van der Waals surface area contributed by atoms with Gasteiger partial charge in [-0.2, -0.15) is 20.2 Å². The molecule has 19 heavy (non-hydrogen) atoms. The lowest BCUT2D eigenvalue weighted by atomic mass is 9.97. The Morgan fingerprint density at radius 2 is 1.84 bits per heavy atom. The van der Waals surface area contributed by atoms with Gasteiger partial charge in [-0.25, -0.2) is 0 Å². The van der Waals surface area contributed by atoms with E-state index in [1.165, 1.54) is 0 Å². The van der Waals surface area contributed by atoms with E-state index in [0.29, 0.717) is 13.2 Å². The predicted octanol–water partition coefficient (Wildman–Crippen LogP) is 1.05. The fourth-order valence-corrected chi connectivity index (χ4v) is 3.88. The van der Waals surface area contributed by atoms with Crippen molar-refractivity contribution in [3.05, 3.63) is 0 Å². The number of methoxy groups -OCH3 is 1. The van der Waals surface area contributed by atoms with Crippen molar-refractivity contribution in [1.82, 2.24) is 4.90 Å². The van der Waals surface area contributed by atoms with Crippen molar-refractivity contribution < 1.29 is 17.3 Å². The zero-order valence-electron chi connectivity index (χ0n) is 12.1. The molecule has 1 fully saturated rings. The van der Waals surface area contributed by atoms with Gasteiger partial charge in [0.1, 0.15) is 0 Å². The predicted molar refractivity (Wildman–Crippen MR) is 79.2 cm³/mol. The van der Waals surface area contributed by atoms with E-state index in [0.717, 1.165) is 24.6 Å². The van der Waals surface area contributed by atoms with E-state index < -0.39 is 10.1 Å². The molecule has 0 atom stereocenters. The van der Waals surface area contributed by atoms with Crippen molar-refractivity contribution >= 4 is 21.9 Å². The largest absolute Gasteiger partial charge is 0.384 e. The van der Waals surface area contributed by atoms with Crippen LogP contribution in [-0.2, 0) is 19.0 Å². The molecule has 0 spiro atoms. The zero-order chi connectivity index (χ0) is 14.4. The molecule has 1 saturated heterocycles. The van der Waals surface area contributed by atoms with E-state index >= 15 is 0 Å². The third-order valence-electron chi connectivity index (χ3n) is 2.93. The first-order valence-corrected chi connectivity index (χ1v) is 9.24. The van der Waals surface area contributed by atoms with Gasteiger partial charge in [0.25, 0.3) is 10.1 Å². The van der Waals surface area contributed by atoms with Crippen molar-refractivity contribution in [3.8, 4) is 0 Å². The van der Waals surface area contributed by atoms with E-state index in [1.54, 1.807) is 7.11 Å². The fourth-order valence-electron chi connectivity index (χ4n) is 1.81. The molecular formula is C12H25NO4S2. The number of hydrogen-bond donors (Lipinski definition) is 0. The van der Waals surface area contributed by atoms with Crippen LogP contribution in [0.15, 0.2) is 0 Å². The Morgan fingerprint density at radius 1 is 1.21 bits per heavy atom. The van der Waals surface area contributed by atoms with Crippen molar-refractivity contribution in [1.29, 1.82) is 0 Å². The Morgan fingerprint density at radius 3 is 2.42 bits per heavy atom. The molecule has 0 aromatic heterocycles. The van der Waals surface area contributed by atoms with Gasteiger partial charge < -0.3 is 9.64 Å². The number of nitrogens with zero attached hydrogens (tertiary/aromatic N) is 1. The normalized spacial score (nSPS) is 18.7. The van der Waals surface area contributed by atoms with Gasteiger partial charge >= 0.3 is 0 Å². The highest BCUT2D eigenvalue weighted by molar-refractivity contribution is 7.99. The summed E-state index contributed by atoms with van der Waals surface area (Å²) < 4.78 is 33.8. The van der Waals surface area contributed by atoms with E-state index in [9.17, 15) is 8.42 Å². The molecule has 0 aromatic rings. The summed E-state index contributed by atoms with van der Waals surface area (Å²) in [6.07, 6.45) is 0. The van der Waals surface area contributed by atoms with Crippen molar-refractivity contribution in [2.75, 3.05) is 57.2 Å². The standard InChI is InChI=1S/C12H25NO4S2/c1-12(2,10-16-3)11-17-19(14,15)9-6-13-4-7-18-8-5-13/h4-11H2,1-3H3. The maximum atomic E-state index is 11.8. The molecule has 0 saturated carbocycles. The number of ether oxygens (including phenoxy) is 1. The second-order valence-electron chi connectivity index (χ2n) is 5.58. The summed E-state index contributed by atoms with van der Waals surface area (Å²) in [6.45, 7) is 6.99. The Balaban J connectivity index is 2.31. The zero-order valence-corrected chi connectivity index (χ0v) is 13.7. The third-order valence-corrected chi connectivity index (χ3v) is 5.03. The summed E-state index contributed by atoms with van der Waals surface area (Å²) in [5.74, 6) is 2.24. The summed E-state index contributed by atoms with van der Waals surface area (Å²) in [6, 6.07) is 0. The molecule has 0 N–H and O–H groups in total. The fraction of sp³-hybridized carbons (Fsp3) is 1.00. The van der Waals surface area contributed by atoms with Gasteiger partial charge in [-0.1, -0.05) is 13.8 Å². The lowest BCUT2D eigenvalue weighted by molar-refractivity contribution is 0.0665. The highest BCUT2D eigenvalue weighted by atomic mass is 32.2. The van der Waals surface area contributed by atoms with E-state index in [4.69, 9.17) is 8.92 Å². The Kier molecular flexibility index (Phi) is 7.10. The molecule has 0 aliphatic carbocycles. The molecule has 7 heteroatoms. The summed E-state index contributed by atoms with van der Waals surface area (Å²) >= 11 is 1.91. The van der Waals surface area contributed by atoms with Crippen LogP contribution < -0.4 is 0 Å². The van der Waals surface area contributed by atoms with Crippen LogP contribution in [0.4, 0.5) is 0 Å². The van der Waals surface area contributed by atoms with Crippen molar-refractivity contribution in [2.45, 2.75) is 13.8 Å². The number of thioether (sulfide) groups is 1. The Bertz CT molecular complexity index is 351. The summed E-state index contributed by atoms with van der Waals surface area (Å²) in [5.41, 5.74) is -0.288. The molecule has 1 heterocycles. The van der Waals surface area contributed by atoms with Crippen LogP contribution in [-0.4, -0.2) is 70.5 Å². The molecule has 1 aliphatic heterocycles. The Hall–Kier alpha value is 0.180. The molecule has 1 aliphatic rings. The van der Waals surface area contributed by atoms with Crippen LogP contribution in [0.1, 0.15) is 13.8 Å². The van der Waals surface area contributed by atoms with Gasteiger partial charge in [-0.3, -0.25) is 4.18 Å².